The number of amides is 1. The summed E-state index contributed by atoms with van der Waals surface area (Å²) in [5.41, 5.74) is 7.19. The molecule has 0 spiro atoms. The van der Waals surface area contributed by atoms with Gasteiger partial charge in [-0.3, -0.25) is 4.79 Å². The van der Waals surface area contributed by atoms with Gasteiger partial charge < -0.3 is 15.4 Å². The van der Waals surface area contributed by atoms with Crippen LogP contribution in [0, 0.1) is 12.3 Å². The highest BCUT2D eigenvalue weighted by molar-refractivity contribution is 7.21. The first kappa shape index (κ1) is 19.0. The molecular formula is C18H25ClN2O2S. The number of hydrogen-bond donors (Lipinski definition) is 1. The number of nitrogens with zero attached hydrogens (tertiary/aromatic N) is 1. The minimum Gasteiger partial charge on any atom is -0.497 e. The summed E-state index contributed by atoms with van der Waals surface area (Å²) in [6.45, 7) is 7.75. The van der Waals surface area contributed by atoms with E-state index in [0.717, 1.165) is 39.2 Å². The normalized spacial score (nSPS) is 19.9. The monoisotopic (exact) mass is 368 g/mol. The molecule has 24 heavy (non-hydrogen) atoms. The molecule has 1 fully saturated rings. The van der Waals surface area contributed by atoms with Gasteiger partial charge in [0.15, 0.2) is 0 Å². The minimum absolute atomic E-state index is 0. The molecule has 132 valence electrons. The molecule has 1 aromatic carbocycles. The summed E-state index contributed by atoms with van der Waals surface area (Å²) >= 11 is 1.57. The lowest BCUT2D eigenvalue weighted by Crippen LogP contribution is -2.53. The third kappa shape index (κ3) is 3.25. The number of aryl methyl sites for hydroxylation is 1. The van der Waals surface area contributed by atoms with Gasteiger partial charge in [-0.2, -0.15) is 0 Å². The molecular weight excluding hydrogens is 344 g/mol. The zero-order chi connectivity index (χ0) is 16.8. The van der Waals surface area contributed by atoms with Crippen LogP contribution in [0.25, 0.3) is 10.1 Å². The highest BCUT2D eigenvalue weighted by Crippen LogP contribution is 2.35. The number of benzene rings is 1. The van der Waals surface area contributed by atoms with Gasteiger partial charge in [0, 0.05) is 23.8 Å². The van der Waals surface area contributed by atoms with Crippen LogP contribution in [0.2, 0.25) is 0 Å². The molecule has 2 N–H and O–H groups in total. The molecule has 6 heteroatoms. The number of thiophene rings is 1. The van der Waals surface area contributed by atoms with Crippen molar-refractivity contribution in [3.8, 4) is 5.75 Å². The maximum absolute atomic E-state index is 13.0. The van der Waals surface area contributed by atoms with E-state index in [1.807, 2.05) is 30.0 Å². The Morgan fingerprint density at radius 3 is 2.75 bits per heavy atom. The van der Waals surface area contributed by atoms with Crippen LogP contribution in [-0.2, 0) is 0 Å². The largest absolute Gasteiger partial charge is 0.497 e. The number of nitrogens with two attached hydrogens (primary N) is 1. The maximum Gasteiger partial charge on any atom is 0.264 e. The molecule has 1 saturated heterocycles. The smallest absolute Gasteiger partial charge is 0.264 e. The highest BCUT2D eigenvalue weighted by atomic mass is 35.5. The van der Waals surface area contributed by atoms with Crippen LogP contribution in [-0.4, -0.2) is 37.0 Å². The number of ether oxygens (including phenoxy) is 1. The van der Waals surface area contributed by atoms with E-state index in [9.17, 15) is 4.79 Å². The van der Waals surface area contributed by atoms with E-state index >= 15 is 0 Å². The lowest BCUT2D eigenvalue weighted by atomic mass is 9.79. The average Bonchev–Trinajstić information content (AvgIpc) is 2.85. The molecule has 4 nitrogen and oxygen atoms in total. The van der Waals surface area contributed by atoms with E-state index in [4.69, 9.17) is 10.5 Å². The van der Waals surface area contributed by atoms with Crippen molar-refractivity contribution < 1.29 is 9.53 Å². The summed E-state index contributed by atoms with van der Waals surface area (Å²) in [6, 6.07) is 6.13. The second-order valence-electron chi connectivity index (χ2n) is 7.03. The summed E-state index contributed by atoms with van der Waals surface area (Å²) in [5.74, 6) is 0.949. The first-order chi connectivity index (χ1) is 10.8. The summed E-state index contributed by atoms with van der Waals surface area (Å²) in [6.07, 6.45) is 0.858. The first-order valence-corrected chi connectivity index (χ1v) is 8.77. The summed E-state index contributed by atoms with van der Waals surface area (Å²) in [5, 5.41) is 1.10. The maximum atomic E-state index is 13.0. The van der Waals surface area contributed by atoms with Gasteiger partial charge in [0.2, 0.25) is 0 Å². The third-order valence-electron chi connectivity index (χ3n) is 4.94. The summed E-state index contributed by atoms with van der Waals surface area (Å²) in [4.78, 5) is 15.8. The fraction of sp³-hybridized carbons (Fsp3) is 0.500. The highest BCUT2D eigenvalue weighted by Gasteiger charge is 2.36. The van der Waals surface area contributed by atoms with Crippen molar-refractivity contribution in [3.05, 3.63) is 28.6 Å². The van der Waals surface area contributed by atoms with Crippen molar-refractivity contribution in [1.29, 1.82) is 0 Å². The molecule has 1 aliphatic heterocycles. The number of likely N-dealkylation sites (tertiary alicyclic amines) is 1. The molecule has 0 bridgehead atoms. The van der Waals surface area contributed by atoms with Gasteiger partial charge in [0.1, 0.15) is 5.75 Å². The van der Waals surface area contributed by atoms with Crippen LogP contribution in [0.3, 0.4) is 0 Å². The Labute approximate surface area is 153 Å². The van der Waals surface area contributed by atoms with Crippen molar-refractivity contribution in [2.24, 2.45) is 11.1 Å². The molecule has 2 heterocycles. The van der Waals surface area contributed by atoms with E-state index in [-0.39, 0.29) is 29.8 Å². The predicted molar refractivity (Wildman–Crippen MR) is 103 cm³/mol. The van der Waals surface area contributed by atoms with Crippen LogP contribution >= 0.6 is 23.7 Å². The SMILES string of the molecule is COc1ccc2sc(C(=O)N3CCC(N)C(C)(C)C3)c(C)c2c1.Cl. The van der Waals surface area contributed by atoms with E-state index in [2.05, 4.69) is 13.8 Å². The summed E-state index contributed by atoms with van der Waals surface area (Å²) in [7, 11) is 1.66. The van der Waals surface area contributed by atoms with Gasteiger partial charge in [-0.1, -0.05) is 13.8 Å². The van der Waals surface area contributed by atoms with Gasteiger partial charge in [-0.25, -0.2) is 0 Å². The molecule has 1 unspecified atom stereocenters. The molecule has 2 aromatic rings. The molecule has 1 aliphatic rings. The average molecular weight is 369 g/mol. The van der Waals surface area contributed by atoms with Gasteiger partial charge >= 0.3 is 0 Å². The second kappa shape index (κ2) is 6.90. The Bertz CT molecular complexity index is 757. The predicted octanol–water partition coefficient (Wildman–Crippen LogP) is 3.84. The zero-order valence-electron chi connectivity index (χ0n) is 14.6. The number of fused-ring (bicyclic) bond motifs is 1. The number of hydrogen-bond acceptors (Lipinski definition) is 4. The number of rotatable bonds is 2. The number of halogens is 1. The molecule has 0 aliphatic carbocycles. The molecule has 0 saturated carbocycles. The lowest BCUT2D eigenvalue weighted by molar-refractivity contribution is 0.0537. The van der Waals surface area contributed by atoms with Crippen molar-refractivity contribution in [2.45, 2.75) is 33.2 Å². The van der Waals surface area contributed by atoms with Crippen molar-refractivity contribution in [1.82, 2.24) is 4.90 Å². The Hall–Kier alpha value is -1.30. The number of piperidine rings is 1. The third-order valence-corrected chi connectivity index (χ3v) is 6.20. The van der Waals surface area contributed by atoms with Gasteiger partial charge in [0.05, 0.1) is 12.0 Å². The van der Waals surface area contributed by atoms with Crippen LogP contribution in [0.1, 0.15) is 35.5 Å². The van der Waals surface area contributed by atoms with E-state index in [1.165, 1.54) is 0 Å². The van der Waals surface area contributed by atoms with Crippen LogP contribution < -0.4 is 10.5 Å². The quantitative estimate of drug-likeness (QED) is 0.876. The first-order valence-electron chi connectivity index (χ1n) is 7.95. The Morgan fingerprint density at radius 1 is 1.42 bits per heavy atom. The van der Waals surface area contributed by atoms with Gasteiger partial charge in [-0.15, -0.1) is 23.7 Å². The molecule has 3 rings (SSSR count). The van der Waals surface area contributed by atoms with E-state index in [1.54, 1.807) is 18.4 Å². The van der Waals surface area contributed by atoms with Crippen molar-refractivity contribution >= 4 is 39.7 Å². The Morgan fingerprint density at radius 2 is 2.12 bits per heavy atom. The zero-order valence-corrected chi connectivity index (χ0v) is 16.2. The van der Waals surface area contributed by atoms with Gasteiger partial charge in [-0.05, 0) is 47.9 Å². The minimum atomic E-state index is -0.0400. The number of carbonyl (C=O) groups excluding carboxylic acids is 1. The van der Waals surface area contributed by atoms with Gasteiger partial charge in [0.25, 0.3) is 5.91 Å². The standard InChI is InChI=1S/C18H24N2O2S.ClH/c1-11-13-9-12(22-4)5-6-14(13)23-16(11)17(21)20-8-7-15(19)18(2,3)10-20;/h5-6,9,15H,7-8,10,19H2,1-4H3;1H. The lowest BCUT2D eigenvalue weighted by Gasteiger charge is -2.42. The molecule has 1 atom stereocenters. The van der Waals surface area contributed by atoms with Crippen LogP contribution in [0.4, 0.5) is 0 Å². The topological polar surface area (TPSA) is 55.6 Å². The Kier molecular flexibility index (Phi) is 5.47. The second-order valence-corrected chi connectivity index (χ2v) is 8.08. The molecule has 1 amide bonds. The van der Waals surface area contributed by atoms with E-state index in [0.29, 0.717) is 6.54 Å². The number of methoxy groups -OCH3 is 1. The fourth-order valence-electron chi connectivity index (χ4n) is 3.22. The van der Waals surface area contributed by atoms with E-state index < -0.39 is 0 Å². The molecule has 1 aromatic heterocycles. The Balaban J connectivity index is 0.00000208. The molecule has 0 radical (unpaired) electrons. The number of carbonyl (C=O) groups is 1. The van der Waals surface area contributed by atoms with Crippen LogP contribution in [0.5, 0.6) is 5.75 Å². The van der Waals surface area contributed by atoms with Crippen LogP contribution in [0.15, 0.2) is 18.2 Å². The summed E-state index contributed by atoms with van der Waals surface area (Å²) < 4.78 is 6.42. The van der Waals surface area contributed by atoms with Crippen molar-refractivity contribution in [3.63, 3.8) is 0 Å². The van der Waals surface area contributed by atoms with Crippen molar-refractivity contribution in [2.75, 3.05) is 20.2 Å². The fourth-order valence-corrected chi connectivity index (χ4v) is 4.38.